The molecule has 2 amide bonds. The molecule has 2 heterocycles. The Balaban J connectivity index is 2.08. The smallest absolute Gasteiger partial charge is 0.334 e. The molecule has 0 fully saturated rings. The van der Waals surface area contributed by atoms with Crippen LogP contribution in [0.1, 0.15) is 23.1 Å². The molecule has 138 valence electrons. The topological polar surface area (TPSA) is 97.4 Å². The van der Waals surface area contributed by atoms with Gasteiger partial charge in [-0.2, -0.15) is 0 Å². The lowest BCUT2D eigenvalue weighted by Crippen LogP contribution is -2.33. The summed E-state index contributed by atoms with van der Waals surface area (Å²) in [5, 5.41) is 2.78. The largest absolute Gasteiger partial charge is 0.384 e. The molecular weight excluding hydrogens is 450 g/mol. The van der Waals surface area contributed by atoms with Gasteiger partial charge in [-0.15, -0.1) is 11.3 Å². The Kier molecular flexibility index (Phi) is 6.97. The number of sulfonamides is 1. The lowest BCUT2D eigenvalue weighted by Gasteiger charge is -2.04. The molecule has 0 aliphatic heterocycles. The molecule has 0 aliphatic carbocycles. The second kappa shape index (κ2) is 8.58. The Morgan fingerprint density at radius 3 is 2.72 bits per heavy atom. The molecule has 0 bridgehead atoms. The number of carbonyl (C=O) groups excluding carboxylic acids is 1. The number of nitrogens with zero attached hydrogens (tertiary/aromatic N) is 1. The minimum absolute atomic E-state index is 0.0980. The van der Waals surface area contributed by atoms with Gasteiger partial charge < -0.3 is 4.74 Å². The van der Waals surface area contributed by atoms with E-state index in [1.165, 1.54) is 11.3 Å². The fraction of sp³-hybridized carbons (Fsp3) is 0.429. The molecular formula is C14H18BrN3O4S3. The number of hydrogen-bond acceptors (Lipinski definition) is 7. The maximum atomic E-state index is 12.4. The Hall–Kier alpha value is -1.01. The van der Waals surface area contributed by atoms with Crippen LogP contribution in [0.5, 0.6) is 0 Å². The number of amides is 2. The van der Waals surface area contributed by atoms with Crippen molar-refractivity contribution in [3.8, 4) is 0 Å². The van der Waals surface area contributed by atoms with Crippen LogP contribution in [0, 0.1) is 6.92 Å². The number of rotatable bonds is 7. The number of urea groups is 1. The van der Waals surface area contributed by atoms with Crippen LogP contribution in [0.4, 0.5) is 9.93 Å². The summed E-state index contributed by atoms with van der Waals surface area (Å²) in [5.74, 6) is 0. The number of halogens is 1. The second-order valence-corrected chi connectivity index (χ2v) is 10.5. The van der Waals surface area contributed by atoms with Crippen LogP contribution in [0.25, 0.3) is 0 Å². The van der Waals surface area contributed by atoms with Crippen molar-refractivity contribution in [3.63, 3.8) is 0 Å². The van der Waals surface area contributed by atoms with Gasteiger partial charge in [0.25, 0.3) is 10.0 Å². The number of nitrogens with one attached hydrogen (secondary N) is 2. The summed E-state index contributed by atoms with van der Waals surface area (Å²) in [6.45, 7) is 4.28. The van der Waals surface area contributed by atoms with Gasteiger partial charge in [0.15, 0.2) is 5.13 Å². The summed E-state index contributed by atoms with van der Waals surface area (Å²) in [6, 6.07) is 0.734. The van der Waals surface area contributed by atoms with Crippen molar-refractivity contribution in [3.05, 3.63) is 26.0 Å². The van der Waals surface area contributed by atoms with Gasteiger partial charge in [0.05, 0.1) is 16.1 Å². The van der Waals surface area contributed by atoms with Crippen LogP contribution in [-0.2, 0) is 27.6 Å². The van der Waals surface area contributed by atoms with Gasteiger partial charge in [0.2, 0.25) is 0 Å². The van der Waals surface area contributed by atoms with E-state index in [1.807, 2.05) is 18.6 Å². The highest BCUT2D eigenvalue weighted by atomic mass is 79.9. The van der Waals surface area contributed by atoms with Crippen molar-refractivity contribution < 1.29 is 17.9 Å². The minimum atomic E-state index is -3.93. The monoisotopic (exact) mass is 467 g/mol. The molecule has 2 aromatic heterocycles. The third kappa shape index (κ3) is 5.23. The molecule has 25 heavy (non-hydrogen) atoms. The van der Waals surface area contributed by atoms with Gasteiger partial charge in [0, 0.05) is 12.0 Å². The summed E-state index contributed by atoms with van der Waals surface area (Å²) in [4.78, 5) is 17.1. The van der Waals surface area contributed by atoms with Crippen molar-refractivity contribution in [1.29, 1.82) is 0 Å². The van der Waals surface area contributed by atoms with Crippen LogP contribution in [-0.4, -0.2) is 33.1 Å². The average Bonchev–Trinajstić information content (AvgIpc) is 3.07. The Morgan fingerprint density at radius 1 is 1.40 bits per heavy atom. The summed E-state index contributed by atoms with van der Waals surface area (Å²) >= 11 is 5.71. The molecule has 2 rings (SSSR count). The number of methoxy groups -OCH3 is 1. The summed E-state index contributed by atoms with van der Waals surface area (Å²) in [6.07, 6.45) is 1.32. The first-order chi connectivity index (χ1) is 11.8. The fourth-order valence-corrected chi connectivity index (χ4v) is 6.02. The van der Waals surface area contributed by atoms with Gasteiger partial charge in [-0.25, -0.2) is 22.9 Å². The zero-order chi connectivity index (χ0) is 18.6. The Bertz CT molecular complexity index is 861. The van der Waals surface area contributed by atoms with Crippen molar-refractivity contribution in [1.82, 2.24) is 9.71 Å². The average molecular weight is 468 g/mol. The predicted octanol–water partition coefficient (Wildman–Crippen LogP) is 3.54. The number of thiophene rings is 1. The van der Waals surface area contributed by atoms with Crippen LogP contribution in [0.3, 0.4) is 0 Å². The molecule has 0 unspecified atom stereocenters. The van der Waals surface area contributed by atoms with E-state index < -0.39 is 16.1 Å². The molecule has 0 saturated heterocycles. The number of ether oxygens (including phenoxy) is 1. The van der Waals surface area contributed by atoms with Crippen molar-refractivity contribution in [2.24, 2.45) is 0 Å². The highest BCUT2D eigenvalue weighted by molar-refractivity contribution is 9.11. The second-order valence-electron chi connectivity index (χ2n) is 5.04. The number of aromatic nitrogens is 1. The standard InChI is InChI=1S/C14H18BrN3O4S3/c1-4-10-12(15)24-14(16-10)17-13(19)18-25(20,21)11-7-9(5-6-22-3)8(2)23-11/h7H,4-6H2,1-3H3,(H2,16,17,18,19). The number of thiazole rings is 1. The highest BCUT2D eigenvalue weighted by Gasteiger charge is 2.22. The van der Waals surface area contributed by atoms with Gasteiger partial charge in [-0.3, -0.25) is 5.32 Å². The molecule has 7 nitrogen and oxygen atoms in total. The number of aryl methyl sites for hydroxylation is 2. The van der Waals surface area contributed by atoms with Gasteiger partial charge in [-0.05, 0) is 47.3 Å². The first kappa shape index (κ1) is 20.3. The zero-order valence-electron chi connectivity index (χ0n) is 13.9. The van der Waals surface area contributed by atoms with Gasteiger partial charge in [0.1, 0.15) is 4.21 Å². The van der Waals surface area contributed by atoms with Crippen molar-refractivity contribution in [2.75, 3.05) is 19.0 Å². The SMILES string of the molecule is CCc1nc(NC(=O)NS(=O)(=O)c2cc(CCOC)c(C)s2)sc1Br. The lowest BCUT2D eigenvalue weighted by molar-refractivity contribution is 0.202. The number of carbonyl (C=O) groups is 1. The first-order valence-corrected chi connectivity index (χ1v) is 11.2. The van der Waals surface area contributed by atoms with Crippen LogP contribution in [0.15, 0.2) is 14.1 Å². The molecule has 0 atom stereocenters. The molecule has 2 aromatic rings. The van der Waals surface area contributed by atoms with E-state index in [2.05, 4.69) is 26.2 Å². The molecule has 0 aromatic carbocycles. The lowest BCUT2D eigenvalue weighted by atomic mass is 10.2. The zero-order valence-corrected chi connectivity index (χ0v) is 17.9. The molecule has 0 saturated carbocycles. The third-order valence-electron chi connectivity index (χ3n) is 3.27. The van der Waals surface area contributed by atoms with Gasteiger partial charge in [-0.1, -0.05) is 18.3 Å². The minimum Gasteiger partial charge on any atom is -0.384 e. The normalized spacial score (nSPS) is 11.5. The molecule has 11 heteroatoms. The Morgan fingerprint density at radius 2 is 2.12 bits per heavy atom. The highest BCUT2D eigenvalue weighted by Crippen LogP contribution is 2.29. The molecule has 0 radical (unpaired) electrons. The molecule has 0 aliphatic rings. The molecule has 2 N–H and O–H groups in total. The maximum Gasteiger partial charge on any atom is 0.334 e. The predicted molar refractivity (Wildman–Crippen MR) is 103 cm³/mol. The van der Waals surface area contributed by atoms with E-state index in [4.69, 9.17) is 4.74 Å². The van der Waals surface area contributed by atoms with Crippen LogP contribution in [0.2, 0.25) is 0 Å². The summed E-state index contributed by atoms with van der Waals surface area (Å²) in [5.41, 5.74) is 1.70. The molecule has 0 spiro atoms. The van der Waals surface area contributed by atoms with E-state index in [1.54, 1.807) is 13.2 Å². The van der Waals surface area contributed by atoms with Crippen LogP contribution < -0.4 is 10.0 Å². The van der Waals surface area contributed by atoms with E-state index in [0.717, 1.165) is 31.3 Å². The first-order valence-electron chi connectivity index (χ1n) is 7.34. The van der Waals surface area contributed by atoms with Crippen molar-refractivity contribution >= 4 is 59.8 Å². The fourth-order valence-electron chi connectivity index (χ4n) is 1.98. The van der Waals surface area contributed by atoms with E-state index in [9.17, 15) is 13.2 Å². The number of hydrogen-bond donors (Lipinski definition) is 2. The van der Waals surface area contributed by atoms with Crippen LogP contribution >= 0.6 is 38.6 Å². The maximum absolute atomic E-state index is 12.4. The Labute approximate surface area is 163 Å². The van der Waals surface area contributed by atoms with Gasteiger partial charge >= 0.3 is 6.03 Å². The summed E-state index contributed by atoms with van der Waals surface area (Å²) < 4.78 is 32.7. The van der Waals surface area contributed by atoms with E-state index in [-0.39, 0.29) is 4.21 Å². The van der Waals surface area contributed by atoms with Crippen molar-refractivity contribution in [2.45, 2.75) is 30.9 Å². The van der Waals surface area contributed by atoms with E-state index in [0.29, 0.717) is 24.6 Å². The summed E-state index contributed by atoms with van der Waals surface area (Å²) in [7, 11) is -2.34. The van der Waals surface area contributed by atoms with E-state index >= 15 is 0 Å². The third-order valence-corrected chi connectivity index (χ3v) is 7.91. The quantitative estimate of drug-likeness (QED) is 0.648. The number of anilines is 1.